The molecule has 0 radical (unpaired) electrons. The number of hydrogen-bond donors (Lipinski definition) is 2. The summed E-state index contributed by atoms with van der Waals surface area (Å²) < 4.78 is 0. The summed E-state index contributed by atoms with van der Waals surface area (Å²) in [5.41, 5.74) is 2.24. The number of benzene rings is 1. The van der Waals surface area contributed by atoms with Crippen molar-refractivity contribution in [3.05, 3.63) is 40.3 Å². The van der Waals surface area contributed by atoms with E-state index in [0.717, 1.165) is 36.2 Å². The smallest absolute Gasteiger partial charge is 0.257 e. The van der Waals surface area contributed by atoms with Gasteiger partial charge < -0.3 is 10.6 Å². The number of rotatable bonds is 4. The molecule has 4 nitrogen and oxygen atoms in total. The molecule has 1 heterocycles. The molecule has 1 saturated heterocycles. The van der Waals surface area contributed by atoms with E-state index in [1.54, 1.807) is 11.8 Å². The van der Waals surface area contributed by atoms with E-state index in [1.165, 1.54) is 5.56 Å². The van der Waals surface area contributed by atoms with Crippen molar-refractivity contribution in [1.82, 2.24) is 10.6 Å². The minimum atomic E-state index is -0.0132. The molecule has 1 aliphatic heterocycles. The molecule has 140 valence electrons. The van der Waals surface area contributed by atoms with E-state index >= 15 is 0 Å². The maximum absolute atomic E-state index is 12.5. The zero-order valence-corrected chi connectivity index (χ0v) is 16.6. The Morgan fingerprint density at radius 3 is 2.96 bits per heavy atom. The molecule has 3 rings (SSSR count). The van der Waals surface area contributed by atoms with Crippen molar-refractivity contribution in [3.63, 3.8) is 0 Å². The van der Waals surface area contributed by atoms with Crippen LogP contribution in [0.25, 0.3) is 6.08 Å². The molecule has 1 aliphatic carbocycles. The third-order valence-corrected chi connectivity index (χ3v) is 6.74. The highest BCUT2D eigenvalue weighted by molar-refractivity contribution is 8.04. The first-order valence-corrected chi connectivity index (χ1v) is 10.4. The molecular formula is C21H28N2O2S. The highest BCUT2D eigenvalue weighted by Crippen LogP contribution is 2.40. The zero-order valence-electron chi connectivity index (χ0n) is 15.7. The van der Waals surface area contributed by atoms with Gasteiger partial charge in [-0.1, -0.05) is 36.8 Å². The number of fused-ring (bicyclic) bond motifs is 1. The Labute approximate surface area is 160 Å². The van der Waals surface area contributed by atoms with Crippen molar-refractivity contribution in [1.29, 1.82) is 0 Å². The molecule has 2 fully saturated rings. The number of carbonyl (C=O) groups excluding carboxylic acids is 2. The quantitative estimate of drug-likeness (QED) is 0.793. The van der Waals surface area contributed by atoms with Gasteiger partial charge in [0.1, 0.15) is 0 Å². The lowest BCUT2D eigenvalue weighted by Crippen LogP contribution is -2.52. The molecule has 0 spiro atoms. The van der Waals surface area contributed by atoms with E-state index in [2.05, 4.69) is 36.6 Å². The van der Waals surface area contributed by atoms with E-state index in [1.807, 2.05) is 25.1 Å². The van der Waals surface area contributed by atoms with Gasteiger partial charge in [-0.2, -0.15) is 0 Å². The lowest BCUT2D eigenvalue weighted by Gasteiger charge is -2.39. The highest BCUT2D eigenvalue weighted by Gasteiger charge is 2.39. The van der Waals surface area contributed by atoms with Crippen LogP contribution in [-0.4, -0.2) is 29.1 Å². The van der Waals surface area contributed by atoms with E-state index in [4.69, 9.17) is 0 Å². The summed E-state index contributed by atoms with van der Waals surface area (Å²) >= 11 is 1.67. The van der Waals surface area contributed by atoms with E-state index < -0.39 is 0 Å². The Morgan fingerprint density at radius 1 is 1.42 bits per heavy atom. The van der Waals surface area contributed by atoms with Gasteiger partial charge in [-0.15, -0.1) is 11.8 Å². The first kappa shape index (κ1) is 19.0. The van der Waals surface area contributed by atoms with E-state index in [-0.39, 0.29) is 29.8 Å². The van der Waals surface area contributed by atoms with Crippen molar-refractivity contribution in [2.24, 2.45) is 5.92 Å². The van der Waals surface area contributed by atoms with Crippen LogP contribution < -0.4 is 10.6 Å². The Balaban J connectivity index is 1.65. The van der Waals surface area contributed by atoms with Gasteiger partial charge in [-0.25, -0.2) is 0 Å². The van der Waals surface area contributed by atoms with Crippen LogP contribution in [0.1, 0.15) is 50.7 Å². The van der Waals surface area contributed by atoms with Crippen LogP contribution in [0.4, 0.5) is 0 Å². The summed E-state index contributed by atoms with van der Waals surface area (Å²) in [6, 6.07) is 8.47. The van der Waals surface area contributed by atoms with Crippen molar-refractivity contribution in [2.75, 3.05) is 0 Å². The second kappa shape index (κ2) is 8.30. The van der Waals surface area contributed by atoms with Gasteiger partial charge in [0.05, 0.1) is 4.91 Å². The summed E-state index contributed by atoms with van der Waals surface area (Å²) in [5.74, 6) is 0.132. The molecule has 1 aromatic rings. The summed E-state index contributed by atoms with van der Waals surface area (Å²) in [5, 5.41) is 6.59. The summed E-state index contributed by atoms with van der Waals surface area (Å²) in [4.78, 5) is 25.7. The average molecular weight is 373 g/mol. The molecule has 2 N–H and O–H groups in total. The molecule has 0 aromatic heterocycles. The molecule has 0 bridgehead atoms. The first-order chi connectivity index (χ1) is 12.5. The Bertz CT molecular complexity index is 716. The second-order valence-electron chi connectivity index (χ2n) is 7.49. The lowest BCUT2D eigenvalue weighted by molar-refractivity contribution is -0.127. The normalized spacial score (nSPS) is 28.2. The standard InChI is InChI=1S/C21H28N2O2S/c1-4-14(3)22-20(24)16-8-9-18-17(12-16)23-21(25)19(26-18)11-15-7-5-6-13(2)10-15/h5-7,10-11,14,16-18H,4,8-9,12H2,1-3H3,(H,22,24)(H,23,25)/b19-11+. The fourth-order valence-corrected chi connectivity index (χ4v) is 4.90. The van der Waals surface area contributed by atoms with Crippen LogP contribution in [0.3, 0.4) is 0 Å². The molecule has 5 heteroatoms. The van der Waals surface area contributed by atoms with E-state index in [9.17, 15) is 9.59 Å². The third kappa shape index (κ3) is 4.50. The van der Waals surface area contributed by atoms with Crippen LogP contribution >= 0.6 is 11.8 Å². The molecular weight excluding hydrogens is 344 g/mol. The maximum Gasteiger partial charge on any atom is 0.257 e. The van der Waals surface area contributed by atoms with Gasteiger partial charge in [0.15, 0.2) is 0 Å². The number of aryl methyl sites for hydroxylation is 1. The minimum Gasteiger partial charge on any atom is -0.353 e. The molecule has 4 atom stereocenters. The minimum absolute atomic E-state index is 0.00783. The molecule has 26 heavy (non-hydrogen) atoms. The van der Waals surface area contributed by atoms with Crippen LogP contribution in [0.2, 0.25) is 0 Å². The highest BCUT2D eigenvalue weighted by atomic mass is 32.2. The Hall–Kier alpha value is -1.75. The number of nitrogens with one attached hydrogen (secondary N) is 2. The maximum atomic E-state index is 12.5. The monoisotopic (exact) mass is 372 g/mol. The Morgan fingerprint density at radius 2 is 2.23 bits per heavy atom. The van der Waals surface area contributed by atoms with Crippen molar-refractivity contribution in [3.8, 4) is 0 Å². The fourth-order valence-electron chi connectivity index (χ4n) is 3.60. The molecule has 4 unspecified atom stereocenters. The predicted octanol–water partition coefficient (Wildman–Crippen LogP) is 3.65. The molecule has 2 amide bonds. The van der Waals surface area contributed by atoms with Gasteiger partial charge in [0.2, 0.25) is 5.91 Å². The number of carbonyl (C=O) groups is 2. The summed E-state index contributed by atoms with van der Waals surface area (Å²) in [6.45, 7) is 6.16. The van der Waals surface area contributed by atoms with Crippen LogP contribution in [-0.2, 0) is 9.59 Å². The van der Waals surface area contributed by atoms with Gasteiger partial charge >= 0.3 is 0 Å². The lowest BCUT2D eigenvalue weighted by atomic mass is 9.84. The van der Waals surface area contributed by atoms with Crippen molar-refractivity contribution < 1.29 is 9.59 Å². The van der Waals surface area contributed by atoms with Crippen molar-refractivity contribution >= 4 is 29.7 Å². The van der Waals surface area contributed by atoms with Gasteiger partial charge in [0, 0.05) is 23.3 Å². The number of thioether (sulfide) groups is 1. The average Bonchev–Trinajstić information content (AvgIpc) is 2.61. The Kier molecular flexibility index (Phi) is 6.07. The molecule has 1 aromatic carbocycles. The first-order valence-electron chi connectivity index (χ1n) is 9.52. The SMILES string of the molecule is CCC(C)NC(=O)C1CCC2S/C(=C/c3cccc(C)c3)C(=O)NC2C1. The van der Waals surface area contributed by atoms with Gasteiger partial charge in [-0.05, 0) is 51.2 Å². The summed E-state index contributed by atoms with van der Waals surface area (Å²) in [7, 11) is 0. The van der Waals surface area contributed by atoms with Crippen LogP contribution in [0.5, 0.6) is 0 Å². The molecule has 2 aliphatic rings. The number of amides is 2. The molecule has 1 saturated carbocycles. The van der Waals surface area contributed by atoms with Gasteiger partial charge in [-0.3, -0.25) is 9.59 Å². The van der Waals surface area contributed by atoms with Crippen LogP contribution in [0.15, 0.2) is 29.2 Å². The van der Waals surface area contributed by atoms with Crippen LogP contribution in [0, 0.1) is 12.8 Å². The fraction of sp³-hybridized carbons (Fsp3) is 0.524. The van der Waals surface area contributed by atoms with E-state index in [0.29, 0.717) is 5.25 Å². The zero-order chi connectivity index (χ0) is 18.7. The topological polar surface area (TPSA) is 58.2 Å². The second-order valence-corrected chi connectivity index (χ2v) is 8.77. The number of hydrogen-bond acceptors (Lipinski definition) is 3. The predicted molar refractivity (Wildman–Crippen MR) is 108 cm³/mol. The third-order valence-electron chi connectivity index (χ3n) is 5.32. The largest absolute Gasteiger partial charge is 0.353 e. The van der Waals surface area contributed by atoms with Gasteiger partial charge in [0.25, 0.3) is 5.91 Å². The summed E-state index contributed by atoms with van der Waals surface area (Å²) in [6.07, 6.45) is 5.50. The van der Waals surface area contributed by atoms with Crippen molar-refractivity contribution in [2.45, 2.75) is 63.8 Å².